The summed E-state index contributed by atoms with van der Waals surface area (Å²) in [5, 5.41) is 20.4. The van der Waals surface area contributed by atoms with Crippen LogP contribution in [0.25, 0.3) is 0 Å². The van der Waals surface area contributed by atoms with Crippen molar-refractivity contribution in [3.63, 3.8) is 0 Å². The van der Waals surface area contributed by atoms with Crippen molar-refractivity contribution in [1.29, 1.82) is 0 Å². The van der Waals surface area contributed by atoms with Crippen LogP contribution in [0.15, 0.2) is 0 Å². The molecule has 0 saturated carbocycles. The van der Waals surface area contributed by atoms with Crippen LogP contribution >= 0.6 is 0 Å². The highest BCUT2D eigenvalue weighted by Gasteiger charge is 2.22. The first-order valence-corrected chi connectivity index (χ1v) is 7.63. The lowest BCUT2D eigenvalue weighted by Gasteiger charge is -2.16. The van der Waals surface area contributed by atoms with Crippen molar-refractivity contribution in [2.24, 2.45) is 7.05 Å². The molecule has 0 saturated heterocycles. The van der Waals surface area contributed by atoms with Crippen LogP contribution in [0.1, 0.15) is 56.0 Å². The minimum atomic E-state index is 0.346. The van der Waals surface area contributed by atoms with Gasteiger partial charge in [-0.3, -0.25) is 4.68 Å². The molecule has 1 unspecified atom stereocenters. The third-order valence-corrected chi connectivity index (χ3v) is 3.79. The lowest BCUT2D eigenvalue weighted by atomic mass is 9.99. The van der Waals surface area contributed by atoms with Crippen molar-refractivity contribution in [1.82, 2.24) is 35.3 Å². The summed E-state index contributed by atoms with van der Waals surface area (Å²) in [5.41, 5.74) is 3.77. The van der Waals surface area contributed by atoms with E-state index in [0.29, 0.717) is 18.4 Å². The fourth-order valence-electron chi connectivity index (χ4n) is 2.81. The Kier molecular flexibility index (Phi) is 5.06. The van der Waals surface area contributed by atoms with Gasteiger partial charge in [0.1, 0.15) is 6.54 Å². The van der Waals surface area contributed by atoms with E-state index in [0.717, 1.165) is 25.0 Å². The van der Waals surface area contributed by atoms with Gasteiger partial charge in [-0.05, 0) is 31.5 Å². The molecule has 0 aliphatic carbocycles. The van der Waals surface area contributed by atoms with Gasteiger partial charge in [-0.1, -0.05) is 20.8 Å². The zero-order chi connectivity index (χ0) is 15.4. The third kappa shape index (κ3) is 3.12. The van der Waals surface area contributed by atoms with Gasteiger partial charge in [0.05, 0.1) is 12.7 Å². The molecule has 2 rings (SSSR count). The molecular formula is C14H25N7. The topological polar surface area (TPSA) is 73.5 Å². The normalized spacial score (nSPS) is 12.8. The molecule has 7 heteroatoms. The van der Waals surface area contributed by atoms with E-state index in [1.165, 1.54) is 16.1 Å². The van der Waals surface area contributed by atoms with Gasteiger partial charge in [0.25, 0.3) is 0 Å². The van der Waals surface area contributed by atoms with Gasteiger partial charge in [-0.15, -0.1) is 10.2 Å². The molecule has 0 aromatic carbocycles. The van der Waals surface area contributed by atoms with E-state index in [-0.39, 0.29) is 0 Å². The second-order valence-electron chi connectivity index (χ2n) is 5.12. The van der Waals surface area contributed by atoms with Gasteiger partial charge in [0, 0.05) is 17.3 Å². The third-order valence-electron chi connectivity index (χ3n) is 3.79. The number of rotatable bonds is 7. The Hall–Kier alpha value is -1.76. The van der Waals surface area contributed by atoms with Gasteiger partial charge in [0.15, 0.2) is 5.82 Å². The summed E-state index contributed by atoms with van der Waals surface area (Å²) in [5.74, 6) is 0.696. The molecular weight excluding hydrogens is 266 g/mol. The molecule has 1 N–H and O–H groups in total. The molecule has 0 amide bonds. The van der Waals surface area contributed by atoms with Crippen LogP contribution < -0.4 is 5.32 Å². The Balaban J connectivity index is 2.41. The van der Waals surface area contributed by atoms with E-state index >= 15 is 0 Å². The molecule has 0 aliphatic rings. The number of aromatic nitrogens is 6. The minimum Gasteiger partial charge on any atom is -0.313 e. The molecule has 2 aromatic rings. The average molecular weight is 291 g/mol. The maximum Gasteiger partial charge on any atom is 0.196 e. The molecule has 0 fully saturated rings. The highest BCUT2D eigenvalue weighted by Crippen LogP contribution is 2.26. The number of hydrogen-bond acceptors (Lipinski definition) is 5. The summed E-state index contributed by atoms with van der Waals surface area (Å²) in [6.45, 7) is 7.09. The summed E-state index contributed by atoms with van der Waals surface area (Å²) in [7, 11) is 3.78. The minimum absolute atomic E-state index is 0.346. The monoisotopic (exact) mass is 291 g/mol. The number of hydrogen-bond donors (Lipinski definition) is 1. The molecule has 0 radical (unpaired) electrons. The predicted molar refractivity (Wildman–Crippen MR) is 81.0 cm³/mol. The average Bonchev–Trinajstić information content (AvgIpc) is 3.04. The lowest BCUT2D eigenvalue weighted by Crippen LogP contribution is -2.18. The molecule has 1 atom stereocenters. The van der Waals surface area contributed by atoms with E-state index in [2.05, 4.69) is 41.5 Å². The van der Waals surface area contributed by atoms with Crippen LogP contribution in [0.4, 0.5) is 0 Å². The summed E-state index contributed by atoms with van der Waals surface area (Å²) in [4.78, 5) is 1.48. The Morgan fingerprint density at radius 2 is 1.90 bits per heavy atom. The highest BCUT2D eigenvalue weighted by atomic mass is 15.6. The number of tetrazole rings is 1. The molecule has 0 spiro atoms. The van der Waals surface area contributed by atoms with Gasteiger partial charge < -0.3 is 5.32 Å². The first-order chi connectivity index (χ1) is 10.1. The molecule has 0 aliphatic heterocycles. The summed E-state index contributed by atoms with van der Waals surface area (Å²) in [6.07, 6.45) is 2.92. The van der Waals surface area contributed by atoms with E-state index in [9.17, 15) is 0 Å². The number of nitrogens with zero attached hydrogens (tertiary/aromatic N) is 6. The molecule has 7 nitrogen and oxygen atoms in total. The highest BCUT2D eigenvalue weighted by molar-refractivity contribution is 5.30. The Morgan fingerprint density at radius 1 is 1.14 bits per heavy atom. The van der Waals surface area contributed by atoms with Crippen LogP contribution in [0.2, 0.25) is 0 Å². The van der Waals surface area contributed by atoms with Crippen LogP contribution in [-0.2, 0) is 26.4 Å². The van der Waals surface area contributed by atoms with Gasteiger partial charge >= 0.3 is 0 Å². The van der Waals surface area contributed by atoms with E-state index in [1.54, 1.807) is 7.05 Å². The standard InChI is InChI=1S/C14H25N7/c1-6-10(15-4)14-11(7-2)17-21(12(14)8-3)9-13-16-19-20(5)18-13/h10,15H,6-9H2,1-5H3. The van der Waals surface area contributed by atoms with Crippen LogP contribution in [-0.4, -0.2) is 37.0 Å². The number of nitrogens with one attached hydrogen (secondary N) is 1. The maximum absolute atomic E-state index is 4.78. The maximum atomic E-state index is 4.78. The quantitative estimate of drug-likeness (QED) is 0.831. The van der Waals surface area contributed by atoms with Gasteiger partial charge in [-0.2, -0.15) is 9.90 Å². The fraction of sp³-hybridized carbons (Fsp3) is 0.714. The SMILES string of the molecule is CCc1nn(Cc2nnn(C)n2)c(CC)c1C(CC)NC. The Labute approximate surface area is 125 Å². The molecule has 2 heterocycles. The first kappa shape index (κ1) is 15.6. The molecule has 21 heavy (non-hydrogen) atoms. The van der Waals surface area contributed by atoms with Crippen molar-refractivity contribution in [2.45, 2.75) is 52.6 Å². The van der Waals surface area contributed by atoms with Crippen molar-refractivity contribution in [2.75, 3.05) is 7.05 Å². The zero-order valence-electron chi connectivity index (χ0n) is 13.6. The van der Waals surface area contributed by atoms with Crippen molar-refractivity contribution < 1.29 is 0 Å². The molecule has 2 aromatic heterocycles. The Bertz CT molecular complexity index is 580. The number of aryl methyl sites for hydroxylation is 2. The summed E-state index contributed by atoms with van der Waals surface area (Å²) >= 11 is 0. The Morgan fingerprint density at radius 3 is 2.38 bits per heavy atom. The van der Waals surface area contributed by atoms with Crippen LogP contribution in [0, 0.1) is 0 Å². The second kappa shape index (κ2) is 6.80. The van der Waals surface area contributed by atoms with Crippen LogP contribution in [0.3, 0.4) is 0 Å². The molecule has 0 bridgehead atoms. The van der Waals surface area contributed by atoms with E-state index in [1.807, 2.05) is 11.7 Å². The van der Waals surface area contributed by atoms with Gasteiger partial charge in [-0.25, -0.2) is 0 Å². The first-order valence-electron chi connectivity index (χ1n) is 7.63. The lowest BCUT2D eigenvalue weighted by molar-refractivity contribution is 0.561. The van der Waals surface area contributed by atoms with Gasteiger partial charge in [0.2, 0.25) is 0 Å². The summed E-state index contributed by atoms with van der Waals surface area (Å²) in [6, 6.07) is 0.346. The van der Waals surface area contributed by atoms with Crippen LogP contribution in [0.5, 0.6) is 0 Å². The van der Waals surface area contributed by atoms with Crippen molar-refractivity contribution in [3.8, 4) is 0 Å². The van der Waals surface area contributed by atoms with Crippen molar-refractivity contribution >= 4 is 0 Å². The largest absolute Gasteiger partial charge is 0.313 e. The molecule has 116 valence electrons. The smallest absolute Gasteiger partial charge is 0.196 e. The van der Waals surface area contributed by atoms with E-state index < -0.39 is 0 Å². The zero-order valence-corrected chi connectivity index (χ0v) is 13.6. The predicted octanol–water partition coefficient (Wildman–Crippen LogP) is 1.25. The van der Waals surface area contributed by atoms with Crippen molar-refractivity contribution in [3.05, 3.63) is 22.8 Å². The summed E-state index contributed by atoms with van der Waals surface area (Å²) < 4.78 is 2.03. The second-order valence-corrected chi connectivity index (χ2v) is 5.12. The van der Waals surface area contributed by atoms with E-state index in [4.69, 9.17) is 5.10 Å². The fourth-order valence-corrected chi connectivity index (χ4v) is 2.81.